The number of rotatable bonds is 7. The second kappa shape index (κ2) is 10.7. The second-order valence-corrected chi connectivity index (χ2v) is 7.85. The molecule has 160 valence electrons. The number of carbonyl (C=O) groups is 2. The molecule has 30 heavy (non-hydrogen) atoms. The van der Waals surface area contributed by atoms with Crippen LogP contribution in [0.5, 0.6) is 5.75 Å². The van der Waals surface area contributed by atoms with Gasteiger partial charge in [0.1, 0.15) is 5.75 Å². The molecule has 0 bridgehead atoms. The van der Waals surface area contributed by atoms with E-state index in [2.05, 4.69) is 10.6 Å². The summed E-state index contributed by atoms with van der Waals surface area (Å²) in [7, 11) is 0. The Hall–Kier alpha value is -3.02. The lowest BCUT2D eigenvalue weighted by Crippen LogP contribution is -2.31. The molecule has 0 spiro atoms. The topological polar surface area (TPSA) is 70.7 Å². The molecule has 1 fully saturated rings. The zero-order valence-electron chi connectivity index (χ0n) is 17.8. The van der Waals surface area contributed by atoms with E-state index in [1.807, 2.05) is 43.0 Å². The van der Waals surface area contributed by atoms with Crippen LogP contribution in [0.3, 0.4) is 0 Å². The minimum atomic E-state index is -0.166. The molecule has 0 saturated carbocycles. The van der Waals surface area contributed by atoms with E-state index in [0.717, 1.165) is 37.4 Å². The predicted octanol–water partition coefficient (Wildman–Crippen LogP) is 4.54. The number of carbonyl (C=O) groups excluding carboxylic acids is 2. The third kappa shape index (κ3) is 6.24. The van der Waals surface area contributed by atoms with Crippen molar-refractivity contribution >= 4 is 23.2 Å². The van der Waals surface area contributed by atoms with E-state index in [1.54, 1.807) is 24.3 Å². The molecule has 1 aliphatic heterocycles. The number of ether oxygens (including phenoxy) is 1. The number of hydrogen-bond donors (Lipinski definition) is 2. The van der Waals surface area contributed by atoms with Crippen LogP contribution in [0.1, 0.15) is 49.9 Å². The number of para-hydroxylation sites is 2. The van der Waals surface area contributed by atoms with Gasteiger partial charge in [-0.3, -0.25) is 9.59 Å². The van der Waals surface area contributed by atoms with E-state index in [4.69, 9.17) is 4.74 Å². The van der Waals surface area contributed by atoms with E-state index in [-0.39, 0.29) is 24.5 Å². The van der Waals surface area contributed by atoms with Gasteiger partial charge in [0.05, 0.1) is 18.3 Å². The quantitative estimate of drug-likeness (QED) is 0.704. The Bertz CT molecular complexity index is 841. The van der Waals surface area contributed by atoms with Crippen LogP contribution < -0.4 is 15.4 Å². The van der Waals surface area contributed by atoms with E-state index < -0.39 is 0 Å². The summed E-state index contributed by atoms with van der Waals surface area (Å²) in [6, 6.07) is 14.7. The van der Waals surface area contributed by atoms with Crippen LogP contribution in [0.2, 0.25) is 0 Å². The van der Waals surface area contributed by atoms with Crippen LogP contribution in [0.15, 0.2) is 48.5 Å². The molecule has 0 aromatic heterocycles. The summed E-state index contributed by atoms with van der Waals surface area (Å²) in [5.74, 6) is 0.621. The lowest BCUT2D eigenvalue weighted by molar-refractivity contribution is -0.114. The molecule has 6 nitrogen and oxygen atoms in total. The number of likely N-dealkylation sites (tertiary alicyclic amines) is 1. The first-order chi connectivity index (χ1) is 14.5. The minimum Gasteiger partial charge on any atom is -0.489 e. The highest BCUT2D eigenvalue weighted by molar-refractivity contribution is 5.96. The first-order valence-corrected chi connectivity index (χ1v) is 10.7. The Balaban J connectivity index is 1.53. The van der Waals surface area contributed by atoms with Crippen molar-refractivity contribution in [1.82, 2.24) is 4.90 Å². The van der Waals surface area contributed by atoms with Crippen molar-refractivity contribution in [3.63, 3.8) is 0 Å². The Morgan fingerprint density at radius 2 is 1.63 bits per heavy atom. The second-order valence-electron chi connectivity index (χ2n) is 7.85. The van der Waals surface area contributed by atoms with E-state index in [1.165, 1.54) is 12.8 Å². The summed E-state index contributed by atoms with van der Waals surface area (Å²) >= 11 is 0. The Labute approximate surface area is 178 Å². The van der Waals surface area contributed by atoms with Gasteiger partial charge in [-0.2, -0.15) is 0 Å². The fourth-order valence-corrected chi connectivity index (χ4v) is 3.50. The predicted molar refractivity (Wildman–Crippen MR) is 120 cm³/mol. The van der Waals surface area contributed by atoms with Gasteiger partial charge in [0, 0.05) is 24.3 Å². The fraction of sp³-hybridized carbons (Fsp3) is 0.417. The fourth-order valence-electron chi connectivity index (χ4n) is 3.50. The van der Waals surface area contributed by atoms with Crippen molar-refractivity contribution < 1.29 is 14.3 Å². The molecular formula is C24H31N3O3. The molecule has 2 aromatic carbocycles. The van der Waals surface area contributed by atoms with Crippen molar-refractivity contribution in [2.45, 2.75) is 45.6 Å². The van der Waals surface area contributed by atoms with E-state index >= 15 is 0 Å². The highest BCUT2D eigenvalue weighted by atomic mass is 16.5. The normalized spacial score (nSPS) is 14.2. The van der Waals surface area contributed by atoms with Crippen LogP contribution in [-0.4, -0.2) is 42.5 Å². The molecule has 2 N–H and O–H groups in total. The zero-order valence-corrected chi connectivity index (χ0v) is 17.8. The van der Waals surface area contributed by atoms with Gasteiger partial charge in [0.2, 0.25) is 5.91 Å². The molecule has 1 saturated heterocycles. The lowest BCUT2D eigenvalue weighted by Gasteiger charge is -2.20. The molecular weight excluding hydrogens is 378 g/mol. The summed E-state index contributed by atoms with van der Waals surface area (Å²) in [5.41, 5.74) is 2.11. The molecule has 1 aliphatic rings. The molecule has 2 aromatic rings. The number of nitrogens with one attached hydrogen (secondary N) is 2. The maximum atomic E-state index is 12.7. The number of benzene rings is 2. The number of amides is 2. The van der Waals surface area contributed by atoms with Crippen LogP contribution >= 0.6 is 0 Å². The van der Waals surface area contributed by atoms with Gasteiger partial charge in [-0.25, -0.2) is 0 Å². The van der Waals surface area contributed by atoms with Crippen LogP contribution in [0.4, 0.5) is 11.4 Å². The standard InChI is InChI=1S/C24H31N3O3/c1-18(2)30-22-10-6-5-9-21(22)25-17-23(28)26-20-13-11-19(12-14-20)24(29)27-15-7-3-4-8-16-27/h5-6,9-14,18,25H,3-4,7-8,15-17H2,1-2H3,(H,26,28). The average molecular weight is 410 g/mol. The van der Waals surface area contributed by atoms with Gasteiger partial charge in [0.25, 0.3) is 5.91 Å². The Morgan fingerprint density at radius 1 is 0.967 bits per heavy atom. The van der Waals surface area contributed by atoms with Gasteiger partial charge in [-0.1, -0.05) is 25.0 Å². The molecule has 2 amide bonds. The van der Waals surface area contributed by atoms with Crippen molar-refractivity contribution in [3.8, 4) is 5.75 Å². The van der Waals surface area contributed by atoms with Gasteiger partial charge < -0.3 is 20.3 Å². The summed E-state index contributed by atoms with van der Waals surface area (Å²) in [6.07, 6.45) is 4.57. The van der Waals surface area contributed by atoms with E-state index in [0.29, 0.717) is 11.3 Å². The van der Waals surface area contributed by atoms with Crippen LogP contribution in [0, 0.1) is 0 Å². The lowest BCUT2D eigenvalue weighted by atomic mass is 10.1. The smallest absolute Gasteiger partial charge is 0.253 e. The molecule has 0 aliphatic carbocycles. The largest absolute Gasteiger partial charge is 0.489 e. The summed E-state index contributed by atoms with van der Waals surface area (Å²) in [6.45, 7) is 5.69. The van der Waals surface area contributed by atoms with Crippen molar-refractivity contribution in [1.29, 1.82) is 0 Å². The van der Waals surface area contributed by atoms with Gasteiger partial charge >= 0.3 is 0 Å². The maximum Gasteiger partial charge on any atom is 0.253 e. The molecule has 0 radical (unpaired) electrons. The summed E-state index contributed by atoms with van der Waals surface area (Å²) < 4.78 is 5.76. The molecule has 0 atom stereocenters. The Morgan fingerprint density at radius 3 is 2.30 bits per heavy atom. The van der Waals surface area contributed by atoms with Crippen molar-refractivity contribution in [3.05, 3.63) is 54.1 Å². The van der Waals surface area contributed by atoms with E-state index in [9.17, 15) is 9.59 Å². The van der Waals surface area contributed by atoms with Gasteiger partial charge in [-0.05, 0) is 63.1 Å². The van der Waals surface area contributed by atoms with Crippen LogP contribution in [-0.2, 0) is 4.79 Å². The first-order valence-electron chi connectivity index (χ1n) is 10.7. The first kappa shape index (κ1) is 21.7. The number of nitrogens with zero attached hydrogens (tertiary/aromatic N) is 1. The molecule has 3 rings (SSSR count). The van der Waals surface area contributed by atoms with Crippen molar-refractivity contribution in [2.24, 2.45) is 0 Å². The highest BCUT2D eigenvalue weighted by Gasteiger charge is 2.17. The van der Waals surface area contributed by atoms with Gasteiger partial charge in [0.15, 0.2) is 0 Å². The molecule has 0 unspecified atom stereocenters. The average Bonchev–Trinajstić information content (AvgIpc) is 3.02. The summed E-state index contributed by atoms with van der Waals surface area (Å²) in [5, 5.41) is 5.98. The monoisotopic (exact) mass is 409 g/mol. The Kier molecular flexibility index (Phi) is 7.71. The minimum absolute atomic E-state index is 0.0531. The zero-order chi connectivity index (χ0) is 21.3. The maximum absolute atomic E-state index is 12.7. The molecule has 6 heteroatoms. The molecule has 1 heterocycles. The number of anilines is 2. The van der Waals surface area contributed by atoms with Crippen LogP contribution in [0.25, 0.3) is 0 Å². The third-order valence-corrected chi connectivity index (χ3v) is 5.00. The third-order valence-electron chi connectivity index (χ3n) is 5.00. The highest BCUT2D eigenvalue weighted by Crippen LogP contribution is 2.24. The van der Waals surface area contributed by atoms with Gasteiger partial charge in [-0.15, -0.1) is 0 Å². The number of hydrogen-bond acceptors (Lipinski definition) is 4. The van der Waals surface area contributed by atoms with Crippen molar-refractivity contribution in [2.75, 3.05) is 30.3 Å². The summed E-state index contributed by atoms with van der Waals surface area (Å²) in [4.78, 5) is 26.9. The SMILES string of the molecule is CC(C)Oc1ccccc1NCC(=O)Nc1ccc(C(=O)N2CCCCCC2)cc1.